The lowest BCUT2D eigenvalue weighted by Crippen LogP contribution is -2.63. The minimum Gasteiger partial charge on any atom is -0.489 e. The smallest absolute Gasteiger partial charge is 0.276 e. The zero-order valence-electron chi connectivity index (χ0n) is 17.3. The molecule has 1 spiro atoms. The van der Waals surface area contributed by atoms with Gasteiger partial charge in [0.1, 0.15) is 23.7 Å². The summed E-state index contributed by atoms with van der Waals surface area (Å²) in [5.74, 6) is 1.74. The number of aryl methyl sites for hydroxylation is 2. The summed E-state index contributed by atoms with van der Waals surface area (Å²) in [5, 5.41) is 4.02. The first-order chi connectivity index (χ1) is 14.0. The Bertz CT molecular complexity index is 872. The molecule has 2 aliphatic heterocycles. The Balaban J connectivity index is 1.37. The quantitative estimate of drug-likeness (QED) is 0.711. The van der Waals surface area contributed by atoms with E-state index in [9.17, 15) is 4.79 Å². The van der Waals surface area contributed by atoms with E-state index in [1.807, 2.05) is 31.2 Å². The van der Waals surface area contributed by atoms with E-state index in [0.717, 1.165) is 37.4 Å². The van der Waals surface area contributed by atoms with Gasteiger partial charge in [-0.1, -0.05) is 17.3 Å². The first-order valence-corrected chi connectivity index (χ1v) is 10.1. The van der Waals surface area contributed by atoms with E-state index in [0.29, 0.717) is 36.0 Å². The third-order valence-corrected chi connectivity index (χ3v) is 5.82. The topological polar surface area (TPSA) is 74.0 Å². The third-order valence-electron chi connectivity index (χ3n) is 5.82. The SMILES string of the molecule is COCCC1COC2(C1)CN(C(=O)c1noc(C)c1COc1cccc(C)c1)C2. The fraction of sp³-hybridized carbons (Fsp3) is 0.545. The number of methoxy groups -OCH3 is 1. The molecule has 1 amide bonds. The van der Waals surface area contributed by atoms with Crippen molar-refractivity contribution in [3.05, 3.63) is 46.8 Å². The molecule has 0 radical (unpaired) electrons. The van der Waals surface area contributed by atoms with E-state index < -0.39 is 0 Å². The molecule has 0 N–H and O–H groups in total. The van der Waals surface area contributed by atoms with Gasteiger partial charge in [0, 0.05) is 13.7 Å². The maximum Gasteiger partial charge on any atom is 0.276 e. The van der Waals surface area contributed by atoms with Gasteiger partial charge in [0.2, 0.25) is 0 Å². The number of rotatable bonds is 7. The Kier molecular flexibility index (Phi) is 5.61. The minimum absolute atomic E-state index is 0.126. The van der Waals surface area contributed by atoms with Gasteiger partial charge in [-0.25, -0.2) is 0 Å². The number of hydrogen-bond acceptors (Lipinski definition) is 6. The molecule has 29 heavy (non-hydrogen) atoms. The van der Waals surface area contributed by atoms with Gasteiger partial charge in [-0.2, -0.15) is 0 Å². The molecule has 3 heterocycles. The standard InChI is InChI=1S/C22H28N2O5/c1-15-5-4-6-18(9-15)27-12-19-16(2)29-23-20(19)21(25)24-13-22(14-24)10-17(11-28-22)7-8-26-3/h4-6,9,17H,7-8,10-14H2,1-3H3. The van der Waals surface area contributed by atoms with E-state index in [-0.39, 0.29) is 18.1 Å². The summed E-state index contributed by atoms with van der Waals surface area (Å²) in [6.07, 6.45) is 1.97. The fourth-order valence-electron chi connectivity index (χ4n) is 4.16. The lowest BCUT2D eigenvalue weighted by atomic mass is 9.86. The van der Waals surface area contributed by atoms with Crippen molar-refractivity contribution in [3.63, 3.8) is 0 Å². The van der Waals surface area contributed by atoms with Crippen molar-refractivity contribution in [3.8, 4) is 5.75 Å². The molecule has 2 fully saturated rings. The molecular weight excluding hydrogens is 372 g/mol. The van der Waals surface area contributed by atoms with Gasteiger partial charge in [-0.05, 0) is 50.3 Å². The molecule has 4 rings (SSSR count). The van der Waals surface area contributed by atoms with E-state index in [1.165, 1.54) is 0 Å². The summed E-state index contributed by atoms with van der Waals surface area (Å²) >= 11 is 0. The molecule has 1 atom stereocenters. The van der Waals surface area contributed by atoms with E-state index in [1.54, 1.807) is 18.9 Å². The van der Waals surface area contributed by atoms with Crippen molar-refractivity contribution in [1.82, 2.24) is 10.1 Å². The molecule has 2 saturated heterocycles. The van der Waals surface area contributed by atoms with E-state index in [2.05, 4.69) is 5.16 Å². The van der Waals surface area contributed by atoms with Crippen LogP contribution >= 0.6 is 0 Å². The lowest BCUT2D eigenvalue weighted by Gasteiger charge is -2.46. The fourth-order valence-corrected chi connectivity index (χ4v) is 4.16. The van der Waals surface area contributed by atoms with Crippen LogP contribution in [0.25, 0.3) is 0 Å². The number of ether oxygens (including phenoxy) is 3. The van der Waals surface area contributed by atoms with Crippen LogP contribution in [-0.2, 0) is 16.1 Å². The number of hydrogen-bond donors (Lipinski definition) is 0. The maximum absolute atomic E-state index is 13.0. The van der Waals surface area contributed by atoms with Crippen LogP contribution in [0.2, 0.25) is 0 Å². The summed E-state index contributed by atoms with van der Waals surface area (Å²) in [4.78, 5) is 14.8. The molecule has 0 saturated carbocycles. The predicted octanol–water partition coefficient (Wildman–Crippen LogP) is 3.14. The Morgan fingerprint density at radius 1 is 1.34 bits per heavy atom. The van der Waals surface area contributed by atoms with Crippen molar-refractivity contribution in [2.24, 2.45) is 5.92 Å². The number of likely N-dealkylation sites (tertiary alicyclic amines) is 1. The van der Waals surface area contributed by atoms with Crippen LogP contribution in [0.3, 0.4) is 0 Å². The number of benzene rings is 1. The van der Waals surface area contributed by atoms with Crippen molar-refractivity contribution in [2.75, 3.05) is 33.4 Å². The zero-order chi connectivity index (χ0) is 20.4. The summed E-state index contributed by atoms with van der Waals surface area (Å²) in [6, 6.07) is 7.81. The highest BCUT2D eigenvalue weighted by atomic mass is 16.5. The Morgan fingerprint density at radius 3 is 2.93 bits per heavy atom. The van der Waals surface area contributed by atoms with Crippen molar-refractivity contribution >= 4 is 5.91 Å². The third kappa shape index (κ3) is 4.16. The highest BCUT2D eigenvalue weighted by molar-refractivity contribution is 5.94. The molecule has 1 aromatic carbocycles. The van der Waals surface area contributed by atoms with Crippen molar-refractivity contribution < 1.29 is 23.5 Å². The van der Waals surface area contributed by atoms with Gasteiger partial charge in [0.05, 0.1) is 25.3 Å². The van der Waals surface area contributed by atoms with E-state index >= 15 is 0 Å². The largest absolute Gasteiger partial charge is 0.489 e. The number of nitrogens with zero attached hydrogens (tertiary/aromatic N) is 2. The Hall–Kier alpha value is -2.38. The van der Waals surface area contributed by atoms with Crippen LogP contribution in [-0.4, -0.2) is 55.0 Å². The summed E-state index contributed by atoms with van der Waals surface area (Å²) in [5.41, 5.74) is 1.94. The van der Waals surface area contributed by atoms with Gasteiger partial charge in [0.15, 0.2) is 5.69 Å². The average Bonchev–Trinajstić information content (AvgIpc) is 3.27. The molecule has 7 heteroatoms. The first kappa shape index (κ1) is 19.9. The summed E-state index contributed by atoms with van der Waals surface area (Å²) in [6.45, 7) is 6.74. The Morgan fingerprint density at radius 2 is 2.17 bits per heavy atom. The molecule has 0 aliphatic carbocycles. The van der Waals surface area contributed by atoms with E-state index in [4.69, 9.17) is 18.7 Å². The normalized spacial score (nSPS) is 20.1. The summed E-state index contributed by atoms with van der Waals surface area (Å²) < 4.78 is 22.4. The van der Waals surface area contributed by atoms with Gasteiger partial charge in [-0.3, -0.25) is 4.79 Å². The first-order valence-electron chi connectivity index (χ1n) is 10.1. The monoisotopic (exact) mass is 400 g/mol. The van der Waals surface area contributed by atoms with Crippen LogP contribution in [0, 0.1) is 19.8 Å². The summed E-state index contributed by atoms with van der Waals surface area (Å²) in [7, 11) is 1.72. The van der Waals surface area contributed by atoms with Gasteiger partial charge in [-0.15, -0.1) is 0 Å². The highest BCUT2D eigenvalue weighted by Crippen LogP contribution is 2.39. The number of aromatic nitrogens is 1. The zero-order valence-corrected chi connectivity index (χ0v) is 17.3. The van der Waals surface area contributed by atoms with Crippen LogP contribution in [0.15, 0.2) is 28.8 Å². The van der Waals surface area contributed by atoms with Crippen LogP contribution in [0.4, 0.5) is 0 Å². The molecule has 156 valence electrons. The molecule has 1 aromatic heterocycles. The molecule has 7 nitrogen and oxygen atoms in total. The van der Waals surface area contributed by atoms with Crippen molar-refractivity contribution in [1.29, 1.82) is 0 Å². The second kappa shape index (κ2) is 8.16. The second-order valence-corrected chi connectivity index (χ2v) is 8.18. The molecule has 1 unspecified atom stereocenters. The van der Waals surface area contributed by atoms with Crippen LogP contribution in [0.1, 0.15) is 40.2 Å². The lowest BCUT2D eigenvalue weighted by molar-refractivity contribution is -0.0953. The predicted molar refractivity (Wildman–Crippen MR) is 106 cm³/mol. The van der Waals surface area contributed by atoms with Gasteiger partial charge in [0.25, 0.3) is 5.91 Å². The van der Waals surface area contributed by atoms with Crippen LogP contribution < -0.4 is 4.74 Å². The van der Waals surface area contributed by atoms with Crippen LogP contribution in [0.5, 0.6) is 5.75 Å². The number of carbonyl (C=O) groups is 1. The second-order valence-electron chi connectivity index (χ2n) is 8.18. The minimum atomic E-state index is -0.203. The maximum atomic E-state index is 13.0. The number of carbonyl (C=O) groups excluding carboxylic acids is 1. The Labute approximate surface area is 170 Å². The van der Waals surface area contributed by atoms with Gasteiger partial charge >= 0.3 is 0 Å². The molecule has 2 aliphatic rings. The molecular formula is C22H28N2O5. The number of amides is 1. The van der Waals surface area contributed by atoms with Gasteiger partial charge < -0.3 is 23.6 Å². The highest BCUT2D eigenvalue weighted by Gasteiger charge is 2.51. The van der Waals surface area contributed by atoms with Crippen molar-refractivity contribution in [2.45, 2.75) is 38.9 Å². The average molecular weight is 400 g/mol. The molecule has 2 aromatic rings. The molecule has 0 bridgehead atoms.